The molecular formula is C10H18P+. The summed E-state index contributed by atoms with van der Waals surface area (Å²) in [4.78, 5) is 0. The van der Waals surface area contributed by atoms with Crippen LogP contribution in [0.5, 0.6) is 0 Å². The predicted octanol–water partition coefficient (Wildman–Crippen LogP) is 3.03. The normalized spacial score (nSPS) is 18.1. The summed E-state index contributed by atoms with van der Waals surface area (Å²) in [6, 6.07) is 0. The molecule has 0 spiro atoms. The van der Waals surface area contributed by atoms with Gasteiger partial charge in [-0.05, 0) is 12.3 Å². The Morgan fingerprint density at radius 1 is 1.09 bits per heavy atom. The number of hydrogen-bond donors (Lipinski definition) is 0. The smallest absolute Gasteiger partial charge is 0.0594 e. The molecule has 0 aliphatic heterocycles. The first-order valence-electron chi connectivity index (χ1n) is 4.23. The summed E-state index contributed by atoms with van der Waals surface area (Å²) in [6.07, 6.45) is 11.7. The maximum Gasteiger partial charge on any atom is 0.0594 e. The van der Waals surface area contributed by atoms with Crippen molar-refractivity contribution in [3.63, 3.8) is 0 Å². The van der Waals surface area contributed by atoms with E-state index in [1.807, 2.05) is 0 Å². The summed E-state index contributed by atoms with van der Waals surface area (Å²) in [7, 11) is -0.536. The second-order valence-corrected chi connectivity index (χ2v) is 9.26. The van der Waals surface area contributed by atoms with Gasteiger partial charge < -0.3 is 0 Å². The molecule has 11 heavy (non-hydrogen) atoms. The van der Waals surface area contributed by atoms with Crippen LogP contribution in [0.4, 0.5) is 0 Å². The second kappa shape index (κ2) is 3.54. The van der Waals surface area contributed by atoms with Gasteiger partial charge >= 0.3 is 0 Å². The molecule has 0 aromatic carbocycles. The minimum Gasteiger partial charge on any atom is -0.0775 e. The predicted molar refractivity (Wildman–Crippen MR) is 55.9 cm³/mol. The Hall–Kier alpha value is -0.0900. The van der Waals surface area contributed by atoms with Crippen LogP contribution < -0.4 is 0 Å². The van der Waals surface area contributed by atoms with Gasteiger partial charge in [0.1, 0.15) is 0 Å². The van der Waals surface area contributed by atoms with Crippen molar-refractivity contribution in [2.45, 2.75) is 6.42 Å². The maximum absolute atomic E-state index is 2.41. The molecule has 1 aliphatic carbocycles. The summed E-state index contributed by atoms with van der Waals surface area (Å²) in [6.45, 7) is 7.24. The Balaban J connectivity index is 2.23. The number of hydrogen-bond acceptors (Lipinski definition) is 0. The standard InChI is InChI=1S/C10H18P/c1-11(2,3)9-8-10-6-4-5-7-10/h4-7,10H,8-9H2,1-3H3/q+1. The summed E-state index contributed by atoms with van der Waals surface area (Å²) in [5.41, 5.74) is 0. The van der Waals surface area contributed by atoms with Gasteiger partial charge in [-0.1, -0.05) is 24.3 Å². The third-order valence-electron chi connectivity index (χ3n) is 1.96. The first kappa shape index (κ1) is 9.00. The van der Waals surface area contributed by atoms with E-state index in [1.54, 1.807) is 0 Å². The van der Waals surface area contributed by atoms with Crippen molar-refractivity contribution in [3.8, 4) is 0 Å². The highest BCUT2D eigenvalue weighted by molar-refractivity contribution is 7.73. The topological polar surface area (TPSA) is 0 Å². The molecule has 62 valence electrons. The van der Waals surface area contributed by atoms with Crippen LogP contribution >= 0.6 is 7.26 Å². The highest BCUT2D eigenvalue weighted by atomic mass is 31.2. The number of allylic oxidation sites excluding steroid dienone is 4. The van der Waals surface area contributed by atoms with Gasteiger partial charge in [-0.3, -0.25) is 0 Å². The van der Waals surface area contributed by atoms with Crippen LogP contribution in [0.3, 0.4) is 0 Å². The lowest BCUT2D eigenvalue weighted by atomic mass is 10.1. The molecule has 1 aliphatic rings. The lowest BCUT2D eigenvalue weighted by Crippen LogP contribution is -1.98. The van der Waals surface area contributed by atoms with Gasteiger partial charge in [-0.25, -0.2) is 0 Å². The largest absolute Gasteiger partial charge is 0.0775 e. The molecule has 0 aromatic heterocycles. The molecule has 0 atom stereocenters. The zero-order chi connectivity index (χ0) is 8.32. The van der Waals surface area contributed by atoms with Crippen LogP contribution in [-0.2, 0) is 0 Å². The van der Waals surface area contributed by atoms with E-state index in [0.29, 0.717) is 0 Å². The lowest BCUT2D eigenvalue weighted by molar-refractivity contribution is 0.788. The highest BCUT2D eigenvalue weighted by Gasteiger charge is 2.18. The molecule has 1 heteroatoms. The minimum atomic E-state index is -0.536. The summed E-state index contributed by atoms with van der Waals surface area (Å²) in [5, 5.41) is 0. The van der Waals surface area contributed by atoms with Gasteiger partial charge in [0.05, 0.1) is 6.16 Å². The zero-order valence-corrected chi connectivity index (χ0v) is 8.64. The minimum absolute atomic E-state index is 0.536. The highest BCUT2D eigenvalue weighted by Crippen LogP contribution is 2.47. The summed E-state index contributed by atoms with van der Waals surface area (Å²) >= 11 is 0. The first-order valence-corrected chi connectivity index (χ1v) is 7.55. The van der Waals surface area contributed by atoms with Gasteiger partial charge in [-0.2, -0.15) is 0 Å². The fourth-order valence-corrected chi connectivity index (χ4v) is 2.28. The quantitative estimate of drug-likeness (QED) is 0.570. The van der Waals surface area contributed by atoms with E-state index in [1.165, 1.54) is 12.6 Å². The fraction of sp³-hybridized carbons (Fsp3) is 0.600. The molecule has 0 heterocycles. The Morgan fingerprint density at radius 3 is 2.09 bits per heavy atom. The maximum atomic E-state index is 2.41. The fourth-order valence-electron chi connectivity index (χ4n) is 1.21. The Morgan fingerprint density at radius 2 is 1.64 bits per heavy atom. The Labute approximate surface area is 70.7 Å². The molecule has 0 nitrogen and oxygen atoms in total. The third-order valence-corrected chi connectivity index (χ3v) is 3.56. The molecular weight excluding hydrogens is 151 g/mol. The van der Waals surface area contributed by atoms with Gasteiger partial charge in [0, 0.05) is 27.3 Å². The van der Waals surface area contributed by atoms with E-state index >= 15 is 0 Å². The summed E-state index contributed by atoms with van der Waals surface area (Å²) < 4.78 is 0. The lowest BCUT2D eigenvalue weighted by Gasteiger charge is -2.12. The van der Waals surface area contributed by atoms with Crippen molar-refractivity contribution in [2.24, 2.45) is 5.92 Å². The van der Waals surface area contributed by atoms with Crippen molar-refractivity contribution in [3.05, 3.63) is 24.3 Å². The summed E-state index contributed by atoms with van der Waals surface area (Å²) in [5.74, 6) is 0.745. The molecule has 0 N–H and O–H groups in total. The van der Waals surface area contributed by atoms with E-state index in [0.717, 1.165) is 5.92 Å². The SMILES string of the molecule is C[P+](C)(C)CCC1C=CC=C1. The molecule has 0 bridgehead atoms. The van der Waals surface area contributed by atoms with E-state index in [9.17, 15) is 0 Å². The Bertz CT molecular complexity index is 160. The van der Waals surface area contributed by atoms with E-state index < -0.39 is 7.26 Å². The molecule has 0 unspecified atom stereocenters. The molecule has 0 saturated heterocycles. The van der Waals surface area contributed by atoms with Crippen LogP contribution in [-0.4, -0.2) is 26.2 Å². The van der Waals surface area contributed by atoms with Crippen LogP contribution in [0.15, 0.2) is 24.3 Å². The monoisotopic (exact) mass is 169 g/mol. The average Bonchev–Trinajstić information content (AvgIpc) is 2.32. The zero-order valence-electron chi connectivity index (χ0n) is 7.75. The van der Waals surface area contributed by atoms with Crippen molar-refractivity contribution in [2.75, 3.05) is 26.2 Å². The van der Waals surface area contributed by atoms with Crippen LogP contribution in [0.25, 0.3) is 0 Å². The van der Waals surface area contributed by atoms with Crippen LogP contribution in [0.2, 0.25) is 0 Å². The van der Waals surface area contributed by atoms with Crippen LogP contribution in [0.1, 0.15) is 6.42 Å². The van der Waals surface area contributed by atoms with Crippen LogP contribution in [0, 0.1) is 5.92 Å². The molecule has 0 fully saturated rings. The van der Waals surface area contributed by atoms with Gasteiger partial charge in [0.2, 0.25) is 0 Å². The second-order valence-electron chi connectivity index (χ2n) is 4.24. The van der Waals surface area contributed by atoms with Crippen molar-refractivity contribution < 1.29 is 0 Å². The molecule has 0 saturated carbocycles. The van der Waals surface area contributed by atoms with E-state index in [4.69, 9.17) is 0 Å². The first-order chi connectivity index (χ1) is 5.08. The third kappa shape index (κ3) is 3.72. The molecule has 0 aromatic rings. The Kier molecular flexibility index (Phi) is 2.90. The van der Waals surface area contributed by atoms with E-state index in [-0.39, 0.29) is 0 Å². The molecule has 0 radical (unpaired) electrons. The van der Waals surface area contributed by atoms with Crippen molar-refractivity contribution >= 4 is 7.26 Å². The molecule has 0 amide bonds. The van der Waals surface area contributed by atoms with Crippen molar-refractivity contribution in [1.82, 2.24) is 0 Å². The number of rotatable bonds is 3. The van der Waals surface area contributed by atoms with Crippen molar-refractivity contribution in [1.29, 1.82) is 0 Å². The molecule has 1 rings (SSSR count). The van der Waals surface area contributed by atoms with E-state index in [2.05, 4.69) is 44.3 Å². The van der Waals surface area contributed by atoms with Gasteiger partial charge in [0.15, 0.2) is 0 Å². The van der Waals surface area contributed by atoms with Gasteiger partial charge in [-0.15, -0.1) is 0 Å². The average molecular weight is 169 g/mol. The van der Waals surface area contributed by atoms with Gasteiger partial charge in [0.25, 0.3) is 0 Å².